The predicted molar refractivity (Wildman–Crippen MR) is 161 cm³/mol. The van der Waals surface area contributed by atoms with E-state index in [1.807, 2.05) is 48.5 Å². The van der Waals surface area contributed by atoms with Crippen LogP contribution in [0, 0.1) is 11.3 Å². The number of thiophene rings is 1. The zero-order valence-electron chi connectivity index (χ0n) is 23.3. The molecule has 206 valence electrons. The van der Waals surface area contributed by atoms with Crippen LogP contribution in [0.5, 0.6) is 0 Å². The van der Waals surface area contributed by atoms with Gasteiger partial charge >= 0.3 is 5.97 Å². The van der Waals surface area contributed by atoms with E-state index in [0.717, 1.165) is 36.1 Å². The van der Waals surface area contributed by atoms with Gasteiger partial charge in [0, 0.05) is 16.1 Å². The Morgan fingerprint density at radius 3 is 2.65 bits per heavy atom. The zero-order valence-corrected chi connectivity index (χ0v) is 24.1. The first-order valence-electron chi connectivity index (χ1n) is 13.7. The fourth-order valence-electron chi connectivity index (χ4n) is 5.06. The molecule has 0 saturated carbocycles. The summed E-state index contributed by atoms with van der Waals surface area (Å²) in [5.74, 6) is 1.23. The molecule has 2 aromatic carbocycles. The topological polar surface area (TPSA) is 80.9 Å². The summed E-state index contributed by atoms with van der Waals surface area (Å²) >= 11 is 1.60. The number of carbonyl (C=O) groups is 2. The van der Waals surface area contributed by atoms with Gasteiger partial charge in [0.1, 0.15) is 16.5 Å². The van der Waals surface area contributed by atoms with Crippen molar-refractivity contribution in [3.05, 3.63) is 94.1 Å². The Balaban J connectivity index is 1.43. The molecule has 7 heteroatoms. The summed E-state index contributed by atoms with van der Waals surface area (Å²) in [5, 5.41) is 3.75. The third-order valence-corrected chi connectivity index (χ3v) is 8.49. The van der Waals surface area contributed by atoms with Crippen molar-refractivity contribution < 1.29 is 18.7 Å². The molecule has 2 heterocycles. The third kappa shape index (κ3) is 6.10. The minimum atomic E-state index is -0.366. The fourth-order valence-corrected chi connectivity index (χ4v) is 6.33. The van der Waals surface area contributed by atoms with Crippen molar-refractivity contribution in [1.29, 1.82) is 0 Å². The lowest BCUT2D eigenvalue weighted by molar-refractivity contribution is 0.0526. The second kappa shape index (κ2) is 11.6. The van der Waals surface area contributed by atoms with Crippen LogP contribution in [-0.2, 0) is 17.6 Å². The molecule has 1 aliphatic carbocycles. The number of hydrogen-bond acceptors (Lipinski definition) is 6. The monoisotopic (exact) mass is 554 g/mol. The van der Waals surface area contributed by atoms with Crippen LogP contribution in [0.1, 0.15) is 71.0 Å². The highest BCUT2D eigenvalue weighted by Gasteiger charge is 2.33. The number of nitrogens with one attached hydrogen (secondary N) is 1. The molecular formula is C33H34N2O4S. The molecule has 2 aromatic heterocycles. The molecule has 0 radical (unpaired) electrons. The first-order chi connectivity index (χ1) is 19.2. The van der Waals surface area contributed by atoms with Gasteiger partial charge in [0.15, 0.2) is 0 Å². The predicted octanol–water partition coefficient (Wildman–Crippen LogP) is 8.34. The Morgan fingerprint density at radius 2 is 1.90 bits per heavy atom. The molecule has 0 bridgehead atoms. The minimum Gasteiger partial charge on any atom is -0.462 e. The lowest BCUT2D eigenvalue weighted by atomic mass is 9.72. The molecule has 1 aliphatic rings. The number of esters is 1. The van der Waals surface area contributed by atoms with Gasteiger partial charge < -0.3 is 14.5 Å². The second-order valence-corrected chi connectivity index (χ2v) is 12.2. The highest BCUT2D eigenvalue weighted by atomic mass is 32.1. The largest absolute Gasteiger partial charge is 0.462 e. The third-order valence-electron chi connectivity index (χ3n) is 7.32. The number of hydrogen-bond donors (Lipinski definition) is 1. The number of benzene rings is 2. The summed E-state index contributed by atoms with van der Waals surface area (Å²) in [6, 6.07) is 20.3. The zero-order chi connectivity index (χ0) is 28.3. The van der Waals surface area contributed by atoms with Crippen LogP contribution in [0.4, 0.5) is 10.7 Å². The van der Waals surface area contributed by atoms with Crippen LogP contribution in [0.25, 0.3) is 11.3 Å². The van der Waals surface area contributed by atoms with Crippen LogP contribution >= 0.6 is 11.3 Å². The van der Waals surface area contributed by atoms with E-state index >= 15 is 0 Å². The van der Waals surface area contributed by atoms with Crippen LogP contribution in [-0.4, -0.2) is 24.7 Å². The van der Waals surface area contributed by atoms with Crippen molar-refractivity contribution >= 4 is 40.1 Å². The maximum absolute atomic E-state index is 13.5. The molecule has 40 heavy (non-hydrogen) atoms. The standard InChI is InChI=1S/C33H34N2O4S/c1-5-38-32(37)22-11-9-10-21(18-22)27-17-15-25(39-27)20-34-31-29(30(36)35-24-12-7-6-8-13-24)26-16-14-23(33(2,3)4)19-28(26)40-31/h6-13,15,17-18,20,23H,5,14,16,19H2,1-4H3,(H,35,36)/t23-/m0/s1. The van der Waals surface area contributed by atoms with Crippen molar-refractivity contribution in [1.82, 2.24) is 0 Å². The number of fused-ring (bicyclic) bond motifs is 1. The quantitative estimate of drug-likeness (QED) is 0.184. The molecule has 5 rings (SSSR count). The second-order valence-electron chi connectivity index (χ2n) is 11.1. The Hall–Kier alpha value is -3.97. The number of ether oxygens (including phenoxy) is 1. The number of anilines is 1. The van der Waals surface area contributed by atoms with E-state index in [1.54, 1.807) is 42.7 Å². The highest BCUT2D eigenvalue weighted by molar-refractivity contribution is 7.16. The van der Waals surface area contributed by atoms with Gasteiger partial charge in [-0.25, -0.2) is 9.79 Å². The van der Waals surface area contributed by atoms with Gasteiger partial charge in [-0.2, -0.15) is 0 Å². The Morgan fingerprint density at radius 1 is 1.10 bits per heavy atom. The van der Waals surface area contributed by atoms with E-state index in [4.69, 9.17) is 14.1 Å². The number of nitrogens with zero attached hydrogens (tertiary/aromatic N) is 1. The van der Waals surface area contributed by atoms with E-state index in [1.165, 1.54) is 4.88 Å². The maximum Gasteiger partial charge on any atom is 0.338 e. The van der Waals surface area contributed by atoms with Gasteiger partial charge in [-0.3, -0.25) is 4.79 Å². The highest BCUT2D eigenvalue weighted by Crippen LogP contribution is 2.45. The number of para-hydroxylation sites is 1. The van der Waals surface area contributed by atoms with Crippen LogP contribution in [0.3, 0.4) is 0 Å². The van der Waals surface area contributed by atoms with E-state index in [-0.39, 0.29) is 17.3 Å². The summed E-state index contributed by atoms with van der Waals surface area (Å²) in [6.07, 6.45) is 4.53. The summed E-state index contributed by atoms with van der Waals surface area (Å²) < 4.78 is 11.2. The average molecular weight is 555 g/mol. The Kier molecular flexibility index (Phi) is 8.03. The van der Waals surface area contributed by atoms with Gasteiger partial charge in [0.05, 0.1) is 23.9 Å². The molecule has 0 saturated heterocycles. The van der Waals surface area contributed by atoms with Crippen molar-refractivity contribution in [2.24, 2.45) is 16.3 Å². The molecule has 0 aliphatic heterocycles. The van der Waals surface area contributed by atoms with Gasteiger partial charge in [-0.15, -0.1) is 11.3 Å². The molecular weight excluding hydrogens is 520 g/mol. The smallest absolute Gasteiger partial charge is 0.338 e. The number of rotatable bonds is 7. The van der Waals surface area contributed by atoms with Crippen molar-refractivity contribution in [2.45, 2.75) is 47.0 Å². The SMILES string of the molecule is CCOC(=O)c1cccc(-c2ccc(C=Nc3sc4c(c3C(=O)Nc3ccccc3)CC[C@H](C(C)(C)C)C4)o2)c1. The summed E-state index contributed by atoms with van der Waals surface area (Å²) in [7, 11) is 0. The van der Waals surface area contributed by atoms with Gasteiger partial charge in [-0.1, -0.05) is 51.1 Å². The van der Waals surface area contributed by atoms with E-state index < -0.39 is 0 Å². The number of amides is 1. The first-order valence-corrected chi connectivity index (χ1v) is 14.5. The average Bonchev–Trinajstić information content (AvgIpc) is 3.56. The molecule has 0 spiro atoms. The fraction of sp³-hybridized carbons (Fsp3) is 0.303. The Labute approximate surface area is 239 Å². The molecule has 6 nitrogen and oxygen atoms in total. The number of furan rings is 1. The van der Waals surface area contributed by atoms with Crippen molar-refractivity contribution in [3.8, 4) is 11.3 Å². The molecule has 1 atom stereocenters. The van der Waals surface area contributed by atoms with E-state index in [0.29, 0.717) is 40.2 Å². The number of carbonyl (C=O) groups excluding carboxylic acids is 2. The maximum atomic E-state index is 13.5. The van der Waals surface area contributed by atoms with Crippen LogP contribution < -0.4 is 5.32 Å². The normalized spacial score (nSPS) is 15.2. The molecule has 1 amide bonds. The van der Waals surface area contributed by atoms with Crippen LogP contribution in [0.2, 0.25) is 0 Å². The lowest BCUT2D eigenvalue weighted by Crippen LogP contribution is -2.27. The molecule has 1 N–H and O–H groups in total. The molecule has 0 fully saturated rings. The van der Waals surface area contributed by atoms with Crippen LogP contribution in [0.15, 0.2) is 76.1 Å². The molecule has 0 unspecified atom stereocenters. The van der Waals surface area contributed by atoms with Gasteiger partial charge in [0.2, 0.25) is 0 Å². The minimum absolute atomic E-state index is 0.138. The summed E-state index contributed by atoms with van der Waals surface area (Å²) in [6.45, 7) is 8.96. The van der Waals surface area contributed by atoms with E-state index in [9.17, 15) is 9.59 Å². The molecule has 4 aromatic rings. The van der Waals surface area contributed by atoms with Gasteiger partial charge in [-0.05, 0) is 79.5 Å². The Bertz CT molecular complexity index is 1540. The first kappa shape index (κ1) is 27.6. The summed E-state index contributed by atoms with van der Waals surface area (Å²) in [4.78, 5) is 31.7. The number of aliphatic imine (C=N–C) groups is 1. The van der Waals surface area contributed by atoms with Crippen molar-refractivity contribution in [2.75, 3.05) is 11.9 Å². The van der Waals surface area contributed by atoms with E-state index in [2.05, 4.69) is 26.1 Å². The summed E-state index contributed by atoms with van der Waals surface area (Å²) in [5.41, 5.74) is 3.97. The lowest BCUT2D eigenvalue weighted by Gasteiger charge is -2.33. The van der Waals surface area contributed by atoms with Crippen molar-refractivity contribution in [3.63, 3.8) is 0 Å². The van der Waals surface area contributed by atoms with Gasteiger partial charge in [0.25, 0.3) is 5.91 Å².